The molecule has 0 N–H and O–H groups in total. The Balaban J connectivity index is 1.67. The lowest BCUT2D eigenvalue weighted by atomic mass is 10.2. The first-order valence-electron chi connectivity index (χ1n) is 6.17. The molecule has 4 nitrogen and oxygen atoms in total. The zero-order valence-electron chi connectivity index (χ0n) is 10.8. The van der Waals surface area contributed by atoms with Crippen molar-refractivity contribution in [2.45, 2.75) is 6.61 Å². The summed E-state index contributed by atoms with van der Waals surface area (Å²) in [5.41, 5.74) is 0.900. The summed E-state index contributed by atoms with van der Waals surface area (Å²) in [5, 5.41) is 3.95. The summed E-state index contributed by atoms with van der Waals surface area (Å²) in [4.78, 5) is 4.32. The van der Waals surface area contributed by atoms with Crippen LogP contribution in [0, 0.1) is 0 Å². The summed E-state index contributed by atoms with van der Waals surface area (Å²) >= 11 is 6.77. The van der Waals surface area contributed by atoms with Crippen molar-refractivity contribution in [1.29, 1.82) is 0 Å². The highest BCUT2D eigenvalue weighted by Gasteiger charge is 2.09. The number of halogens is 2. The van der Waals surface area contributed by atoms with Gasteiger partial charge in [0, 0.05) is 14.5 Å². The molecule has 3 rings (SSSR count). The fourth-order valence-corrected chi connectivity index (χ4v) is 2.23. The van der Waals surface area contributed by atoms with Crippen molar-refractivity contribution < 1.29 is 9.26 Å². The molecular formula is C15H10Br2N2O2. The minimum Gasteiger partial charge on any atom is -0.484 e. The summed E-state index contributed by atoms with van der Waals surface area (Å²) in [6.07, 6.45) is 0. The van der Waals surface area contributed by atoms with Gasteiger partial charge in [-0.2, -0.15) is 4.98 Å². The van der Waals surface area contributed by atoms with Crippen molar-refractivity contribution in [3.63, 3.8) is 0 Å². The van der Waals surface area contributed by atoms with E-state index < -0.39 is 0 Å². The average Bonchev–Trinajstić information content (AvgIpc) is 2.96. The zero-order chi connectivity index (χ0) is 14.7. The second-order valence-electron chi connectivity index (χ2n) is 4.26. The molecule has 0 radical (unpaired) electrons. The molecule has 0 saturated heterocycles. The molecule has 0 aliphatic heterocycles. The molecule has 0 bridgehead atoms. The third-order valence-corrected chi connectivity index (χ3v) is 3.80. The number of hydrogen-bond donors (Lipinski definition) is 0. The van der Waals surface area contributed by atoms with Crippen LogP contribution in [-0.2, 0) is 6.61 Å². The molecule has 2 aromatic carbocycles. The van der Waals surface area contributed by atoms with E-state index in [0.29, 0.717) is 11.7 Å². The molecule has 21 heavy (non-hydrogen) atoms. The van der Waals surface area contributed by atoms with Crippen molar-refractivity contribution in [2.75, 3.05) is 0 Å². The third-order valence-electron chi connectivity index (χ3n) is 2.75. The van der Waals surface area contributed by atoms with Crippen molar-refractivity contribution in [1.82, 2.24) is 10.1 Å². The van der Waals surface area contributed by atoms with Crippen LogP contribution in [0.1, 0.15) is 5.89 Å². The summed E-state index contributed by atoms with van der Waals surface area (Å²) in [7, 11) is 0. The maximum Gasteiger partial charge on any atom is 0.264 e. The van der Waals surface area contributed by atoms with Gasteiger partial charge in [-0.1, -0.05) is 37.0 Å². The molecule has 3 aromatic rings. The van der Waals surface area contributed by atoms with Crippen molar-refractivity contribution >= 4 is 31.9 Å². The van der Waals surface area contributed by atoms with Crippen LogP contribution in [0.5, 0.6) is 5.75 Å². The van der Waals surface area contributed by atoms with Gasteiger partial charge in [0.1, 0.15) is 5.75 Å². The van der Waals surface area contributed by atoms with Gasteiger partial charge in [0.05, 0.1) is 0 Å². The molecule has 0 aliphatic rings. The quantitative estimate of drug-likeness (QED) is 0.618. The van der Waals surface area contributed by atoms with Crippen LogP contribution in [-0.4, -0.2) is 10.1 Å². The number of aromatic nitrogens is 2. The Bertz CT molecular complexity index is 724. The van der Waals surface area contributed by atoms with Crippen LogP contribution < -0.4 is 4.74 Å². The highest BCUT2D eigenvalue weighted by Crippen LogP contribution is 2.20. The smallest absolute Gasteiger partial charge is 0.264 e. The predicted molar refractivity (Wildman–Crippen MR) is 85.9 cm³/mol. The molecule has 0 spiro atoms. The monoisotopic (exact) mass is 408 g/mol. The van der Waals surface area contributed by atoms with Crippen molar-refractivity contribution in [3.05, 3.63) is 63.4 Å². The molecule has 1 aromatic heterocycles. The van der Waals surface area contributed by atoms with Gasteiger partial charge in [0.15, 0.2) is 6.61 Å². The van der Waals surface area contributed by atoms with E-state index >= 15 is 0 Å². The Morgan fingerprint density at radius 1 is 0.905 bits per heavy atom. The second-order valence-corrected chi connectivity index (χ2v) is 6.09. The van der Waals surface area contributed by atoms with Gasteiger partial charge in [-0.25, -0.2) is 0 Å². The first kappa shape index (κ1) is 14.3. The van der Waals surface area contributed by atoms with E-state index in [1.165, 1.54) is 0 Å². The average molecular weight is 410 g/mol. The third kappa shape index (κ3) is 3.71. The van der Waals surface area contributed by atoms with Crippen LogP contribution in [0.2, 0.25) is 0 Å². The zero-order valence-corrected chi connectivity index (χ0v) is 14.0. The fraction of sp³-hybridized carbons (Fsp3) is 0.0667. The van der Waals surface area contributed by atoms with Crippen LogP contribution in [0.15, 0.2) is 62.0 Å². The lowest BCUT2D eigenvalue weighted by molar-refractivity contribution is 0.243. The normalized spacial score (nSPS) is 10.6. The lowest BCUT2D eigenvalue weighted by Gasteiger charge is -2.02. The van der Waals surface area contributed by atoms with Gasteiger partial charge in [-0.15, -0.1) is 0 Å². The number of ether oxygens (including phenoxy) is 1. The number of rotatable bonds is 4. The van der Waals surface area contributed by atoms with Gasteiger partial charge in [-0.3, -0.25) is 0 Å². The van der Waals surface area contributed by atoms with Crippen molar-refractivity contribution in [2.24, 2.45) is 0 Å². The first-order valence-corrected chi connectivity index (χ1v) is 7.76. The Labute approximate surface area is 138 Å². The lowest BCUT2D eigenvalue weighted by Crippen LogP contribution is -1.95. The minimum atomic E-state index is 0.241. The topological polar surface area (TPSA) is 48.2 Å². The maximum atomic E-state index is 5.59. The molecule has 0 unspecified atom stereocenters. The van der Waals surface area contributed by atoms with Crippen molar-refractivity contribution in [3.8, 4) is 17.1 Å². The standard InChI is InChI=1S/C15H10Br2N2O2/c16-11-3-1-10(2-4-11)15-18-14(21-19-15)9-20-13-7-5-12(17)6-8-13/h1-8H,9H2. The van der Waals surface area contributed by atoms with Gasteiger partial charge in [-0.05, 0) is 48.5 Å². The Morgan fingerprint density at radius 2 is 1.52 bits per heavy atom. The second kappa shape index (κ2) is 6.41. The van der Waals surface area contributed by atoms with Crippen LogP contribution in [0.25, 0.3) is 11.4 Å². The molecule has 0 aliphatic carbocycles. The van der Waals surface area contributed by atoms with E-state index in [4.69, 9.17) is 9.26 Å². The van der Waals surface area contributed by atoms with E-state index in [9.17, 15) is 0 Å². The van der Waals surface area contributed by atoms with E-state index in [2.05, 4.69) is 42.0 Å². The Hall–Kier alpha value is -1.66. The molecule has 6 heteroatoms. The maximum absolute atomic E-state index is 5.59. The molecule has 106 valence electrons. The van der Waals surface area contributed by atoms with E-state index in [1.54, 1.807) is 0 Å². The number of benzene rings is 2. The number of nitrogens with zero attached hydrogens (tertiary/aromatic N) is 2. The summed E-state index contributed by atoms with van der Waals surface area (Å²) < 4.78 is 12.8. The highest BCUT2D eigenvalue weighted by atomic mass is 79.9. The molecule has 0 fully saturated rings. The fourth-order valence-electron chi connectivity index (χ4n) is 1.71. The number of hydrogen-bond acceptors (Lipinski definition) is 4. The van der Waals surface area contributed by atoms with E-state index in [1.807, 2.05) is 48.5 Å². The van der Waals surface area contributed by atoms with E-state index in [-0.39, 0.29) is 6.61 Å². The van der Waals surface area contributed by atoms with Gasteiger partial charge >= 0.3 is 0 Å². The predicted octanol–water partition coefficient (Wildman–Crippen LogP) is 4.84. The molecule has 0 saturated carbocycles. The van der Waals surface area contributed by atoms with Crippen LogP contribution >= 0.6 is 31.9 Å². The largest absolute Gasteiger partial charge is 0.484 e. The van der Waals surface area contributed by atoms with Crippen LogP contribution in [0.4, 0.5) is 0 Å². The highest BCUT2D eigenvalue weighted by molar-refractivity contribution is 9.10. The minimum absolute atomic E-state index is 0.241. The summed E-state index contributed by atoms with van der Waals surface area (Å²) in [5.74, 6) is 1.74. The Kier molecular flexibility index (Phi) is 4.36. The van der Waals surface area contributed by atoms with Gasteiger partial charge in [0.2, 0.25) is 5.82 Å². The van der Waals surface area contributed by atoms with Gasteiger partial charge in [0.25, 0.3) is 5.89 Å². The molecule has 0 amide bonds. The summed E-state index contributed by atoms with van der Waals surface area (Å²) in [6, 6.07) is 15.3. The van der Waals surface area contributed by atoms with Crippen LogP contribution in [0.3, 0.4) is 0 Å². The summed E-state index contributed by atoms with van der Waals surface area (Å²) in [6.45, 7) is 0.241. The molecular weight excluding hydrogens is 400 g/mol. The first-order chi connectivity index (χ1) is 10.2. The SMILES string of the molecule is Brc1ccc(OCc2nc(-c3ccc(Br)cc3)no2)cc1. The van der Waals surface area contributed by atoms with Gasteiger partial charge < -0.3 is 9.26 Å². The molecule has 0 atom stereocenters. The molecule has 1 heterocycles. The van der Waals surface area contributed by atoms with E-state index in [0.717, 1.165) is 20.3 Å². The Morgan fingerprint density at radius 3 is 2.19 bits per heavy atom.